The molecule has 0 saturated heterocycles. The van der Waals surface area contributed by atoms with Crippen LogP contribution in [0.4, 0.5) is 10.9 Å². The highest BCUT2D eigenvalue weighted by Gasteiger charge is 2.18. The van der Waals surface area contributed by atoms with Gasteiger partial charge in [-0.25, -0.2) is 4.98 Å². The van der Waals surface area contributed by atoms with E-state index in [4.69, 9.17) is 5.73 Å². The number of amides is 1. The monoisotopic (exact) mass is 296 g/mol. The molecule has 0 spiro atoms. The van der Waals surface area contributed by atoms with Crippen molar-refractivity contribution in [2.24, 2.45) is 5.92 Å². The van der Waals surface area contributed by atoms with E-state index in [2.05, 4.69) is 15.6 Å². The number of carbonyl (C=O) groups excluding carboxylic acids is 1. The molecule has 1 fully saturated rings. The van der Waals surface area contributed by atoms with Crippen molar-refractivity contribution in [1.82, 2.24) is 10.3 Å². The van der Waals surface area contributed by atoms with Crippen LogP contribution in [-0.4, -0.2) is 23.5 Å². The molecule has 1 aliphatic carbocycles. The lowest BCUT2D eigenvalue weighted by Crippen LogP contribution is -2.25. The smallest absolute Gasteiger partial charge is 0.265 e. The van der Waals surface area contributed by atoms with E-state index in [9.17, 15) is 4.79 Å². The van der Waals surface area contributed by atoms with Gasteiger partial charge in [0.25, 0.3) is 5.91 Å². The number of hydrogen-bond acceptors (Lipinski definition) is 5. The molecule has 4 N–H and O–H groups in total. The van der Waals surface area contributed by atoms with E-state index in [-0.39, 0.29) is 11.9 Å². The minimum absolute atomic E-state index is 0.102. The molecule has 5 nitrogen and oxygen atoms in total. The van der Waals surface area contributed by atoms with E-state index in [0.717, 1.165) is 18.9 Å². The lowest BCUT2D eigenvalue weighted by atomic mass is 10.0. The van der Waals surface area contributed by atoms with Gasteiger partial charge in [0.2, 0.25) is 0 Å². The van der Waals surface area contributed by atoms with Gasteiger partial charge < -0.3 is 16.4 Å². The third kappa shape index (κ3) is 4.10. The van der Waals surface area contributed by atoms with E-state index < -0.39 is 0 Å². The third-order valence-electron chi connectivity index (χ3n) is 3.58. The summed E-state index contributed by atoms with van der Waals surface area (Å²) in [6.45, 7) is 4.78. The largest absolute Gasteiger partial charge is 0.382 e. The van der Waals surface area contributed by atoms with Gasteiger partial charge in [0.05, 0.1) is 0 Å². The summed E-state index contributed by atoms with van der Waals surface area (Å²) in [5, 5.41) is 6.83. The first-order valence-electron chi connectivity index (χ1n) is 7.37. The molecule has 0 aromatic carbocycles. The molecule has 112 valence electrons. The highest BCUT2D eigenvalue weighted by molar-refractivity contribution is 7.18. The third-order valence-corrected chi connectivity index (χ3v) is 4.59. The fraction of sp³-hybridized carbons (Fsp3) is 0.714. The molecule has 1 heterocycles. The second-order valence-electron chi connectivity index (χ2n) is 5.73. The number of nitrogens with zero attached hydrogens (tertiary/aromatic N) is 1. The van der Waals surface area contributed by atoms with Crippen LogP contribution >= 0.6 is 11.3 Å². The van der Waals surface area contributed by atoms with Gasteiger partial charge in [0, 0.05) is 12.6 Å². The quantitative estimate of drug-likeness (QED) is 0.754. The summed E-state index contributed by atoms with van der Waals surface area (Å²) in [4.78, 5) is 16.8. The lowest BCUT2D eigenvalue weighted by molar-refractivity contribution is 0.0956. The Morgan fingerprint density at radius 1 is 1.45 bits per heavy atom. The van der Waals surface area contributed by atoms with Crippen molar-refractivity contribution in [2.45, 2.75) is 52.0 Å². The Labute approximate surface area is 124 Å². The Morgan fingerprint density at radius 2 is 2.15 bits per heavy atom. The Bertz CT molecular complexity index is 452. The summed E-state index contributed by atoms with van der Waals surface area (Å²) in [5.41, 5.74) is 5.81. The summed E-state index contributed by atoms with van der Waals surface area (Å²) in [6, 6.07) is 0.277. The number of thiazole rings is 1. The fourth-order valence-corrected chi connectivity index (χ4v) is 3.52. The number of aromatic nitrogens is 1. The number of hydrogen-bond donors (Lipinski definition) is 3. The number of rotatable bonds is 6. The minimum Gasteiger partial charge on any atom is -0.382 e. The van der Waals surface area contributed by atoms with Gasteiger partial charge >= 0.3 is 0 Å². The highest BCUT2D eigenvalue weighted by atomic mass is 32.1. The molecule has 1 amide bonds. The maximum atomic E-state index is 12.1. The van der Waals surface area contributed by atoms with Gasteiger partial charge in [-0.15, -0.1) is 0 Å². The molecule has 20 heavy (non-hydrogen) atoms. The Kier molecular flexibility index (Phi) is 5.23. The van der Waals surface area contributed by atoms with Gasteiger partial charge in [-0.05, 0) is 26.2 Å². The van der Waals surface area contributed by atoms with Crippen LogP contribution < -0.4 is 16.4 Å². The van der Waals surface area contributed by atoms with Gasteiger partial charge in [0.15, 0.2) is 5.13 Å². The van der Waals surface area contributed by atoms with Crippen molar-refractivity contribution in [3.8, 4) is 0 Å². The first-order valence-corrected chi connectivity index (χ1v) is 8.19. The van der Waals surface area contributed by atoms with E-state index in [1.54, 1.807) is 0 Å². The predicted molar refractivity (Wildman–Crippen MR) is 84.2 cm³/mol. The summed E-state index contributed by atoms with van der Waals surface area (Å²) < 4.78 is 0. The van der Waals surface area contributed by atoms with Crippen LogP contribution in [0.25, 0.3) is 0 Å². The molecule has 0 atom stereocenters. The summed E-state index contributed by atoms with van der Waals surface area (Å²) >= 11 is 1.32. The van der Waals surface area contributed by atoms with E-state index in [1.165, 1.54) is 37.0 Å². The molecule has 1 aromatic heterocycles. The predicted octanol–water partition coefficient (Wildman–Crippen LogP) is 2.86. The average molecular weight is 296 g/mol. The maximum Gasteiger partial charge on any atom is 0.265 e. The molecule has 2 rings (SSSR count). The number of nitrogens with two attached hydrogens (primary N) is 1. The molecular weight excluding hydrogens is 272 g/mol. The Hall–Kier alpha value is -1.30. The van der Waals surface area contributed by atoms with Crippen molar-refractivity contribution < 1.29 is 4.79 Å². The molecule has 1 aromatic rings. The zero-order chi connectivity index (χ0) is 14.5. The average Bonchev–Trinajstić information content (AvgIpc) is 2.98. The second-order valence-corrected chi connectivity index (χ2v) is 6.73. The molecule has 0 unspecified atom stereocenters. The van der Waals surface area contributed by atoms with Gasteiger partial charge in [-0.2, -0.15) is 0 Å². The molecule has 1 aliphatic rings. The molecule has 0 radical (unpaired) electrons. The highest BCUT2D eigenvalue weighted by Crippen LogP contribution is 2.27. The second kappa shape index (κ2) is 6.92. The van der Waals surface area contributed by atoms with Crippen molar-refractivity contribution in [1.29, 1.82) is 0 Å². The first kappa shape index (κ1) is 15.1. The van der Waals surface area contributed by atoms with Crippen LogP contribution in [0.5, 0.6) is 0 Å². The summed E-state index contributed by atoms with van der Waals surface area (Å²) in [6.07, 6.45) is 6.36. The van der Waals surface area contributed by atoms with E-state index in [0.29, 0.717) is 15.8 Å². The lowest BCUT2D eigenvalue weighted by Gasteiger charge is -2.09. The van der Waals surface area contributed by atoms with Crippen LogP contribution in [-0.2, 0) is 0 Å². The van der Waals surface area contributed by atoms with Crippen LogP contribution in [0.15, 0.2) is 0 Å². The van der Waals surface area contributed by atoms with Gasteiger partial charge in [0.1, 0.15) is 10.7 Å². The zero-order valence-corrected chi connectivity index (χ0v) is 13.1. The number of nitrogen functional groups attached to an aromatic ring is 1. The topological polar surface area (TPSA) is 80.0 Å². The van der Waals surface area contributed by atoms with Crippen molar-refractivity contribution in [3.05, 3.63) is 4.88 Å². The Balaban J connectivity index is 1.83. The zero-order valence-electron chi connectivity index (χ0n) is 12.2. The van der Waals surface area contributed by atoms with Crippen molar-refractivity contribution in [3.63, 3.8) is 0 Å². The van der Waals surface area contributed by atoms with Crippen molar-refractivity contribution >= 4 is 28.2 Å². The minimum atomic E-state index is -0.102. The normalized spacial score (nSPS) is 15.8. The number of carbonyl (C=O) groups is 1. The van der Waals surface area contributed by atoms with E-state index >= 15 is 0 Å². The summed E-state index contributed by atoms with van der Waals surface area (Å²) in [5.74, 6) is 0.999. The first-order chi connectivity index (χ1) is 9.56. The van der Waals surface area contributed by atoms with Crippen molar-refractivity contribution in [2.75, 3.05) is 17.6 Å². The van der Waals surface area contributed by atoms with Crippen LogP contribution in [0.2, 0.25) is 0 Å². The molecule has 0 bridgehead atoms. The van der Waals surface area contributed by atoms with E-state index in [1.807, 2.05) is 13.8 Å². The van der Waals surface area contributed by atoms with Crippen LogP contribution in [0.1, 0.15) is 55.6 Å². The van der Waals surface area contributed by atoms with Crippen LogP contribution in [0, 0.1) is 5.92 Å². The van der Waals surface area contributed by atoms with Gasteiger partial charge in [-0.3, -0.25) is 4.79 Å². The fourth-order valence-electron chi connectivity index (χ4n) is 2.57. The number of anilines is 2. The molecular formula is C14H24N4OS. The number of nitrogens with one attached hydrogen (secondary N) is 2. The molecule has 1 saturated carbocycles. The van der Waals surface area contributed by atoms with Gasteiger partial charge in [-0.1, -0.05) is 37.0 Å². The molecule has 0 aliphatic heterocycles. The summed E-state index contributed by atoms with van der Waals surface area (Å²) in [7, 11) is 0. The Morgan fingerprint density at radius 3 is 2.80 bits per heavy atom. The molecule has 6 heteroatoms. The standard InChI is InChI=1S/C14H24N4OS/c1-9(2)17-14-18-12(15)11(20-14)13(19)16-8-7-10-5-3-4-6-10/h9-10H,3-8,15H2,1-2H3,(H,16,19)(H,17,18). The maximum absolute atomic E-state index is 12.1. The van der Waals surface area contributed by atoms with Crippen LogP contribution in [0.3, 0.4) is 0 Å². The SMILES string of the molecule is CC(C)Nc1nc(N)c(C(=O)NCCC2CCCC2)s1.